The zero-order valence-corrected chi connectivity index (χ0v) is 68.2. The lowest BCUT2D eigenvalue weighted by atomic mass is 9.91. The van der Waals surface area contributed by atoms with Gasteiger partial charge in [0.2, 0.25) is 0 Å². The molecule has 2 aliphatic carbocycles. The van der Waals surface area contributed by atoms with Crippen molar-refractivity contribution in [1.29, 1.82) is 0 Å². The normalized spacial score (nSPS) is 14.0. The van der Waals surface area contributed by atoms with E-state index in [4.69, 9.17) is 0 Å². The van der Waals surface area contributed by atoms with Crippen LogP contribution < -0.4 is 43.5 Å². The van der Waals surface area contributed by atoms with Gasteiger partial charge < -0.3 is 54.9 Å². The van der Waals surface area contributed by atoms with Crippen LogP contribution in [0.15, 0.2) is 191 Å². The molecule has 0 radical (unpaired) electrons. The molecule has 3 unspecified atom stereocenters. The van der Waals surface area contributed by atoms with Crippen LogP contribution in [0.2, 0.25) is 0 Å². The summed E-state index contributed by atoms with van der Waals surface area (Å²) < 4.78 is 7.72. The number of rotatable bonds is 17. The molecule has 0 aliphatic heterocycles. The van der Waals surface area contributed by atoms with E-state index in [1.807, 2.05) is 171 Å². The lowest BCUT2D eigenvalue weighted by Gasteiger charge is -2.32. The highest BCUT2D eigenvalue weighted by atomic mass is 32.1. The average Bonchev–Trinajstić information content (AvgIpc) is 0.839. The molecule has 2 fully saturated rings. The number of aryl methyl sites for hydroxylation is 5. The third kappa shape index (κ3) is 15.4. The van der Waals surface area contributed by atoms with Crippen LogP contribution in [0.3, 0.4) is 0 Å². The summed E-state index contributed by atoms with van der Waals surface area (Å²) >= 11 is 0. The number of aromatic nitrogens is 20. The molecule has 0 spiro atoms. The van der Waals surface area contributed by atoms with Crippen molar-refractivity contribution in [2.24, 2.45) is 0 Å². The number of imidazole rings is 4. The van der Waals surface area contributed by atoms with E-state index >= 15 is 0 Å². The molecule has 596 valence electrons. The third-order valence-electron chi connectivity index (χ3n) is 22.5. The fourth-order valence-corrected chi connectivity index (χ4v) is 16.5. The number of H-pyrrole nitrogens is 4. The minimum absolute atomic E-state index is 0. The molecular formula is C88H94N24O4S. The van der Waals surface area contributed by atoms with Crippen LogP contribution in [0.5, 0.6) is 0 Å². The largest absolute Gasteiger partial charge is 0.360 e. The Kier molecular flexibility index (Phi) is 22.7. The summed E-state index contributed by atoms with van der Waals surface area (Å²) in [6.45, 7) is 22.3. The van der Waals surface area contributed by atoms with Gasteiger partial charge in [-0.25, -0.2) is 59.8 Å². The molecule has 0 bridgehead atoms. The van der Waals surface area contributed by atoms with Crippen molar-refractivity contribution in [2.75, 3.05) is 21.3 Å². The van der Waals surface area contributed by atoms with Crippen LogP contribution in [0, 0.1) is 34.6 Å². The van der Waals surface area contributed by atoms with Gasteiger partial charge in [0.25, 0.3) is 22.2 Å². The topological polar surface area (TPSA) is 354 Å². The summed E-state index contributed by atoms with van der Waals surface area (Å²) in [4.78, 5) is 117. The van der Waals surface area contributed by atoms with Gasteiger partial charge in [0.1, 0.15) is 47.4 Å². The lowest BCUT2D eigenvalue weighted by Crippen LogP contribution is -2.33. The van der Waals surface area contributed by atoms with Crippen molar-refractivity contribution in [2.45, 2.75) is 170 Å². The first-order valence-corrected chi connectivity index (χ1v) is 39.6. The molecule has 12 aromatic heterocycles. The maximum Gasteiger partial charge on any atom is 0.263 e. The number of aromatic amines is 4. The number of nitrogens with zero attached hydrogens (tertiary/aromatic N) is 16. The summed E-state index contributed by atoms with van der Waals surface area (Å²) in [5.74, 6) is 2.70. The summed E-state index contributed by atoms with van der Waals surface area (Å²) in [5.41, 5.74) is 15.5. The Morgan fingerprint density at radius 2 is 0.718 bits per heavy atom. The quantitative estimate of drug-likeness (QED) is 0.0420. The minimum Gasteiger partial charge on any atom is -0.360 e. The van der Waals surface area contributed by atoms with Crippen LogP contribution in [0.25, 0.3) is 93.4 Å². The predicted molar refractivity (Wildman–Crippen MR) is 469 cm³/mol. The minimum atomic E-state index is -0.157. The maximum absolute atomic E-state index is 13.8. The first kappa shape index (κ1) is 78.9. The van der Waals surface area contributed by atoms with Gasteiger partial charge in [-0.2, -0.15) is 13.5 Å². The van der Waals surface area contributed by atoms with Crippen molar-refractivity contribution in [3.63, 3.8) is 0 Å². The van der Waals surface area contributed by atoms with Crippen LogP contribution >= 0.6 is 13.5 Å². The summed E-state index contributed by atoms with van der Waals surface area (Å²) in [5, 5.41) is 20.9. The second-order valence-corrected chi connectivity index (χ2v) is 30.5. The molecule has 4 atom stereocenters. The number of benzene rings is 5. The maximum atomic E-state index is 13.8. The first-order valence-electron chi connectivity index (χ1n) is 39.6. The Morgan fingerprint density at radius 1 is 0.385 bits per heavy atom. The van der Waals surface area contributed by atoms with Crippen molar-refractivity contribution in [3.8, 4) is 5.69 Å². The SMILES string of the molecule is CCC(Nc1ncnc2nc[nH]c12)c1cc2cccc(C)c2c(=O)n1-c1ccc(C)cc1.Cc1cccc2cc(C(C)Nc3ncnc4nc[nH]c34)n(C3CCC3)c(=O)c12.Cc1cccc2cc(C(C)Nc3ncnc4nc[nH]c34)n(C3CCCC3)c(=O)c12.Cc1cccc2cc([C@H](C)Nc3ncnc4nc[nH]c34)n(C(C)C)c(=O)c12.S. The van der Waals surface area contributed by atoms with E-state index in [0.29, 0.717) is 45.9 Å². The number of fused-ring (bicyclic) bond motifs is 8. The molecule has 5 aromatic carbocycles. The van der Waals surface area contributed by atoms with Crippen molar-refractivity contribution in [3.05, 3.63) is 264 Å². The molecule has 0 amide bonds. The van der Waals surface area contributed by atoms with Gasteiger partial charge in [0, 0.05) is 46.6 Å². The second kappa shape index (κ2) is 33.6. The number of nitrogens with one attached hydrogen (secondary N) is 8. The monoisotopic (exact) mass is 1580 g/mol. The molecule has 17 aromatic rings. The number of anilines is 4. The van der Waals surface area contributed by atoms with Gasteiger partial charge in [-0.05, 0) is 188 Å². The standard InChI is InChI=1S/C25H24N6O.C22H24N6O.C21H22N6O.C20H22N6O.H2S/c1-4-19(30-24-22-23(27-13-26-22)28-14-29-24)20-12-17-7-5-6-16(3)21(17)25(32)31(20)18-10-8-15(2)9-11-18;1-13-6-5-7-15-10-17(28(22(29)18(13)15)16-8-3-4-9-16)14(2)27-21-19-20(24-11-23-19)25-12-26-21;1-12-5-3-6-14-9-16(27(15-7-4-8-15)21(28)17(12)14)13(2)26-20-18-19(23-10-22-18)24-11-25-20;1-11(2)26-15(8-14-7-5-6-12(3)16(14)20(26)27)13(4)25-19-17-18(22-9-21-17)23-10-24-19;/h5-14,19H,4H2,1-3H3,(H2,26,27,28,29,30);5-7,10-12,14,16H,3-4,8-9H2,1-2H3,(H2,23,24,25,26,27);3,5-6,9-11,13,15H,4,7-8H2,1-2H3,(H2,22,23,24,25,26);5-11,13H,1-4H3,(H2,21,22,23,24,25);1H2/t;;;13-;/m...0./s1. The number of hydrogen-bond acceptors (Lipinski definition) is 20. The molecule has 12 heterocycles. The highest BCUT2D eigenvalue weighted by Crippen LogP contribution is 2.38. The number of hydrogen-bond donors (Lipinski definition) is 8. The van der Waals surface area contributed by atoms with Gasteiger partial charge in [0.15, 0.2) is 45.9 Å². The van der Waals surface area contributed by atoms with Gasteiger partial charge in [-0.3, -0.25) is 23.7 Å². The second-order valence-electron chi connectivity index (χ2n) is 30.5. The fraction of sp³-hybridized carbons (Fsp3) is 0.295. The van der Waals surface area contributed by atoms with E-state index < -0.39 is 0 Å². The van der Waals surface area contributed by atoms with Crippen molar-refractivity contribution >= 4 is 125 Å². The Labute approximate surface area is 679 Å². The van der Waals surface area contributed by atoms with Crippen LogP contribution in [-0.4, -0.2) is 98.0 Å². The highest BCUT2D eigenvalue weighted by Gasteiger charge is 2.30. The van der Waals surface area contributed by atoms with Gasteiger partial charge in [0.05, 0.1) is 71.0 Å². The molecule has 117 heavy (non-hydrogen) atoms. The first-order chi connectivity index (χ1) is 56.3. The predicted octanol–water partition coefficient (Wildman–Crippen LogP) is 16.8. The molecular weight excluding hydrogens is 1490 g/mol. The van der Waals surface area contributed by atoms with Crippen molar-refractivity contribution < 1.29 is 0 Å². The van der Waals surface area contributed by atoms with Gasteiger partial charge >= 0.3 is 0 Å². The van der Waals surface area contributed by atoms with E-state index in [0.717, 1.165) is 154 Å². The van der Waals surface area contributed by atoms with E-state index in [-0.39, 0.29) is 78.0 Å². The van der Waals surface area contributed by atoms with Gasteiger partial charge in [-0.1, -0.05) is 110 Å². The molecule has 29 heteroatoms. The molecule has 2 aliphatic rings. The zero-order valence-electron chi connectivity index (χ0n) is 67.2. The summed E-state index contributed by atoms with van der Waals surface area (Å²) in [6.07, 6.45) is 20.9. The van der Waals surface area contributed by atoms with Crippen LogP contribution in [-0.2, 0) is 0 Å². The smallest absolute Gasteiger partial charge is 0.263 e. The van der Waals surface area contributed by atoms with Crippen LogP contribution in [0.1, 0.15) is 186 Å². The average molecular weight is 1580 g/mol. The lowest BCUT2D eigenvalue weighted by molar-refractivity contribution is 0.298. The Bertz CT molecular complexity index is 6790. The van der Waals surface area contributed by atoms with E-state index in [1.54, 1.807) is 25.3 Å². The molecule has 28 nitrogen and oxygen atoms in total. The molecule has 19 rings (SSSR count). The molecule has 8 N–H and O–H groups in total. The molecule has 2 saturated carbocycles. The van der Waals surface area contributed by atoms with Crippen LogP contribution in [0.4, 0.5) is 23.3 Å². The summed E-state index contributed by atoms with van der Waals surface area (Å²) in [6, 6.07) is 40.6. The van der Waals surface area contributed by atoms with E-state index in [1.165, 1.54) is 44.6 Å². The van der Waals surface area contributed by atoms with E-state index in [2.05, 4.69) is 146 Å². The summed E-state index contributed by atoms with van der Waals surface area (Å²) in [7, 11) is 0. The Hall–Kier alpha value is -13.3. The zero-order chi connectivity index (χ0) is 80.6. The highest BCUT2D eigenvalue weighted by molar-refractivity contribution is 7.59. The molecule has 0 saturated heterocycles. The van der Waals surface area contributed by atoms with E-state index in [9.17, 15) is 19.2 Å². The van der Waals surface area contributed by atoms with Gasteiger partial charge in [-0.15, -0.1) is 0 Å². The fourth-order valence-electron chi connectivity index (χ4n) is 16.5. The van der Waals surface area contributed by atoms with Crippen molar-refractivity contribution in [1.82, 2.24) is 98.0 Å². The number of pyridine rings is 4. The third-order valence-corrected chi connectivity index (χ3v) is 22.5. The Balaban J connectivity index is 0.000000122. The Morgan fingerprint density at radius 3 is 1.08 bits per heavy atom.